The predicted molar refractivity (Wildman–Crippen MR) is 242 cm³/mol. The zero-order chi connectivity index (χ0) is 43.4. The number of amides is 3. The van der Waals surface area contributed by atoms with Gasteiger partial charge < -0.3 is 40.4 Å². The highest BCUT2D eigenvalue weighted by molar-refractivity contribution is 5.95. The Kier molecular flexibility index (Phi) is 14.4. The molecule has 5 aromatic carbocycles. The van der Waals surface area contributed by atoms with Crippen LogP contribution in [0.5, 0.6) is 5.75 Å². The number of aromatic nitrogens is 1. The third-order valence-electron chi connectivity index (χ3n) is 11.2. The topological polar surface area (TPSA) is 176 Å². The highest BCUT2D eigenvalue weighted by Gasteiger charge is 2.24. The first-order valence-electron chi connectivity index (χ1n) is 20.9. The van der Waals surface area contributed by atoms with Gasteiger partial charge in [0.25, 0.3) is 0 Å². The van der Waals surface area contributed by atoms with Gasteiger partial charge in [0.1, 0.15) is 11.9 Å². The van der Waals surface area contributed by atoms with Crippen LogP contribution in [0, 0.1) is 0 Å². The highest BCUT2D eigenvalue weighted by atomic mass is 16.6. The number of rotatable bonds is 16. The number of carbonyl (C=O) groups excluding carboxylic acids is 3. The molecule has 7 rings (SSSR count). The number of aromatic hydroxyl groups is 1. The number of aliphatic hydroxyl groups is 1. The summed E-state index contributed by atoms with van der Waals surface area (Å²) in [7, 11) is 1.75. The van der Waals surface area contributed by atoms with Crippen LogP contribution in [0.3, 0.4) is 0 Å². The summed E-state index contributed by atoms with van der Waals surface area (Å²) in [6, 6.07) is 38.6. The van der Waals surface area contributed by atoms with E-state index in [1.165, 1.54) is 12.1 Å². The Morgan fingerprint density at radius 3 is 2.40 bits per heavy atom. The first kappa shape index (κ1) is 43.3. The van der Waals surface area contributed by atoms with Crippen LogP contribution >= 0.6 is 0 Å². The Balaban J connectivity index is 0.798. The van der Waals surface area contributed by atoms with Gasteiger partial charge in [0.15, 0.2) is 0 Å². The number of benzene rings is 5. The normalized spacial score (nSPS) is 13.6. The third-order valence-corrected chi connectivity index (χ3v) is 11.2. The Bertz CT molecular complexity index is 2540. The monoisotopic (exact) mass is 836 g/mol. The number of pyridine rings is 1. The average molecular weight is 837 g/mol. The molecule has 1 aliphatic rings. The number of phenols is 1. The number of H-pyrrole nitrogens is 1. The minimum absolute atomic E-state index is 0.0301. The molecular formula is C49H52N6O7. The van der Waals surface area contributed by atoms with Gasteiger partial charge in [-0.15, -0.1) is 0 Å². The van der Waals surface area contributed by atoms with Gasteiger partial charge >= 0.3 is 6.09 Å². The molecule has 0 aliphatic carbocycles. The second-order valence-corrected chi connectivity index (χ2v) is 15.5. The fraction of sp³-hybridized carbons (Fsp3) is 0.265. The van der Waals surface area contributed by atoms with Crippen LogP contribution in [-0.4, -0.2) is 83.9 Å². The van der Waals surface area contributed by atoms with Crippen LogP contribution in [0.1, 0.15) is 42.1 Å². The largest absolute Gasteiger partial charge is 0.506 e. The molecule has 62 heavy (non-hydrogen) atoms. The van der Waals surface area contributed by atoms with E-state index >= 15 is 0 Å². The zero-order valence-corrected chi connectivity index (χ0v) is 34.7. The molecule has 6 aromatic rings. The number of piperidine rings is 1. The van der Waals surface area contributed by atoms with Gasteiger partial charge in [-0.25, -0.2) is 4.79 Å². The predicted octanol–water partition coefficient (Wildman–Crippen LogP) is 7.01. The first-order chi connectivity index (χ1) is 30.1. The third kappa shape index (κ3) is 11.5. The van der Waals surface area contributed by atoms with Gasteiger partial charge in [0, 0.05) is 68.0 Å². The summed E-state index contributed by atoms with van der Waals surface area (Å²) in [5.41, 5.74) is 6.42. The molecule has 1 saturated heterocycles. The van der Waals surface area contributed by atoms with E-state index in [4.69, 9.17) is 4.74 Å². The van der Waals surface area contributed by atoms with E-state index < -0.39 is 12.2 Å². The molecule has 2 heterocycles. The summed E-state index contributed by atoms with van der Waals surface area (Å²) in [5, 5.41) is 30.6. The standard InChI is InChI=1S/C49H52N6O7/c1-54(47(60)25-29-55-27-23-38(24-28-55)62-49(61)52-42-13-6-5-12-39(42)35-9-3-2-4-10-35)37-11-7-8-34(30-37)31-46(59)51-36-16-14-33(15-17-36)22-26-50-32-44(57)40-18-20-43(56)48-41(40)19-21-45(58)53-48/h2-21,30,38,44,50,56-57H,22-29,31-32H2,1H3,(H,51,59)(H,52,61)(H,53,58)/t44-/m0/s1. The Labute approximate surface area is 360 Å². The highest BCUT2D eigenvalue weighted by Crippen LogP contribution is 2.30. The maximum Gasteiger partial charge on any atom is 0.411 e. The first-order valence-corrected chi connectivity index (χ1v) is 20.9. The molecule has 0 unspecified atom stereocenters. The minimum Gasteiger partial charge on any atom is -0.506 e. The Hall–Kier alpha value is -6.80. The molecule has 0 saturated carbocycles. The van der Waals surface area contributed by atoms with Crippen LogP contribution in [-0.2, 0) is 27.2 Å². The van der Waals surface area contributed by atoms with Gasteiger partial charge in [0.05, 0.1) is 23.7 Å². The van der Waals surface area contributed by atoms with Gasteiger partial charge in [-0.05, 0) is 90.5 Å². The summed E-state index contributed by atoms with van der Waals surface area (Å²) in [5.74, 6) is -0.257. The summed E-state index contributed by atoms with van der Waals surface area (Å²) in [4.78, 5) is 57.2. The molecule has 1 aliphatic heterocycles. The summed E-state index contributed by atoms with van der Waals surface area (Å²) in [6.45, 7) is 2.92. The van der Waals surface area contributed by atoms with Crippen molar-refractivity contribution in [1.29, 1.82) is 0 Å². The number of anilines is 3. The number of nitrogens with zero attached hydrogens (tertiary/aromatic N) is 2. The van der Waals surface area contributed by atoms with Crippen molar-refractivity contribution in [3.63, 3.8) is 0 Å². The number of phenolic OH excluding ortho intramolecular Hbond substituents is 1. The van der Waals surface area contributed by atoms with Crippen LogP contribution in [0.25, 0.3) is 22.0 Å². The molecule has 0 spiro atoms. The van der Waals surface area contributed by atoms with E-state index in [1.807, 2.05) is 103 Å². The van der Waals surface area contributed by atoms with Gasteiger partial charge in [-0.1, -0.05) is 78.9 Å². The summed E-state index contributed by atoms with van der Waals surface area (Å²) in [6.07, 6.45) is 1.02. The Morgan fingerprint density at radius 2 is 1.61 bits per heavy atom. The van der Waals surface area contributed by atoms with Crippen LogP contribution < -0.4 is 26.4 Å². The van der Waals surface area contributed by atoms with E-state index in [-0.39, 0.29) is 42.2 Å². The molecule has 1 fully saturated rings. The second-order valence-electron chi connectivity index (χ2n) is 15.5. The number of aromatic amines is 1. The van der Waals surface area contributed by atoms with E-state index in [1.54, 1.807) is 24.1 Å². The molecule has 13 heteroatoms. The lowest BCUT2D eigenvalue weighted by Crippen LogP contribution is -2.40. The molecule has 1 aromatic heterocycles. The van der Waals surface area contributed by atoms with Gasteiger partial charge in [0.2, 0.25) is 17.4 Å². The van der Waals surface area contributed by atoms with E-state index in [0.29, 0.717) is 72.3 Å². The number of hydrogen-bond acceptors (Lipinski definition) is 9. The lowest BCUT2D eigenvalue weighted by molar-refractivity contribution is -0.118. The lowest BCUT2D eigenvalue weighted by Gasteiger charge is -2.31. The summed E-state index contributed by atoms with van der Waals surface area (Å²) >= 11 is 0. The quantitative estimate of drug-likeness (QED) is 0.0560. The molecular weight excluding hydrogens is 785 g/mol. The van der Waals surface area contributed by atoms with Crippen molar-refractivity contribution in [2.24, 2.45) is 0 Å². The fourth-order valence-electron chi connectivity index (χ4n) is 7.72. The number of nitrogens with one attached hydrogen (secondary N) is 4. The fourth-order valence-corrected chi connectivity index (χ4v) is 7.72. The van der Waals surface area contributed by atoms with E-state index in [0.717, 1.165) is 35.3 Å². The van der Waals surface area contributed by atoms with Crippen molar-refractivity contribution >= 4 is 45.9 Å². The number of para-hydroxylation sites is 1. The number of carbonyl (C=O) groups is 3. The van der Waals surface area contributed by atoms with Crippen LogP contribution in [0.2, 0.25) is 0 Å². The second kappa shape index (κ2) is 20.6. The van der Waals surface area contributed by atoms with Gasteiger partial charge in [-0.3, -0.25) is 19.7 Å². The minimum atomic E-state index is -0.844. The molecule has 0 bridgehead atoms. The molecule has 3 amide bonds. The van der Waals surface area contributed by atoms with Crippen molar-refractivity contribution in [3.05, 3.63) is 154 Å². The lowest BCUT2D eigenvalue weighted by atomic mass is 10.0. The SMILES string of the molecule is CN(C(=O)CCN1CCC(OC(=O)Nc2ccccc2-c2ccccc2)CC1)c1cccc(CC(=O)Nc2ccc(CCNC[C@H](O)c3ccc(O)c4[nH]c(=O)ccc34)cc2)c1. The van der Waals surface area contributed by atoms with Crippen molar-refractivity contribution < 1.29 is 29.3 Å². The van der Waals surface area contributed by atoms with Crippen molar-refractivity contribution in [2.75, 3.05) is 55.3 Å². The number of ether oxygens (including phenoxy) is 1. The van der Waals surface area contributed by atoms with E-state index in [9.17, 15) is 29.4 Å². The van der Waals surface area contributed by atoms with Crippen LogP contribution in [0.15, 0.2) is 132 Å². The van der Waals surface area contributed by atoms with Gasteiger partial charge in [-0.2, -0.15) is 0 Å². The molecule has 320 valence electrons. The number of likely N-dealkylation sites (tertiary alicyclic amines) is 1. The number of fused-ring (bicyclic) bond motifs is 1. The zero-order valence-electron chi connectivity index (χ0n) is 34.7. The maximum absolute atomic E-state index is 13.2. The van der Waals surface area contributed by atoms with Crippen molar-refractivity contribution in [2.45, 2.75) is 44.3 Å². The van der Waals surface area contributed by atoms with Crippen molar-refractivity contribution in [3.8, 4) is 16.9 Å². The summed E-state index contributed by atoms with van der Waals surface area (Å²) < 4.78 is 5.78. The molecule has 1 atom stereocenters. The Morgan fingerprint density at radius 1 is 0.855 bits per heavy atom. The van der Waals surface area contributed by atoms with Crippen molar-refractivity contribution in [1.82, 2.24) is 15.2 Å². The number of aliphatic hydroxyl groups excluding tert-OH is 1. The molecule has 0 radical (unpaired) electrons. The van der Waals surface area contributed by atoms with Crippen LogP contribution in [0.4, 0.5) is 21.9 Å². The van der Waals surface area contributed by atoms with E-state index in [2.05, 4.69) is 25.8 Å². The number of hydrogen-bond donors (Lipinski definition) is 6. The smallest absolute Gasteiger partial charge is 0.411 e. The average Bonchev–Trinajstić information content (AvgIpc) is 3.28. The molecule has 6 N–H and O–H groups in total. The maximum atomic E-state index is 13.2. The molecule has 13 nitrogen and oxygen atoms in total.